The summed E-state index contributed by atoms with van der Waals surface area (Å²) in [5.74, 6) is 0.807. The molecule has 2 aromatic carbocycles. The molecule has 3 nitrogen and oxygen atoms in total. The number of ether oxygens (including phenoxy) is 1. The summed E-state index contributed by atoms with van der Waals surface area (Å²) in [6.07, 6.45) is 0. The molecule has 1 heterocycles. The van der Waals surface area contributed by atoms with Crippen LogP contribution in [0.1, 0.15) is 0 Å². The van der Waals surface area contributed by atoms with Crippen molar-refractivity contribution in [1.29, 1.82) is 0 Å². The zero-order valence-corrected chi connectivity index (χ0v) is 11.9. The van der Waals surface area contributed by atoms with E-state index in [1.165, 1.54) is 18.2 Å². The molecule has 4 heteroatoms. The van der Waals surface area contributed by atoms with E-state index in [2.05, 4.69) is 0 Å². The fourth-order valence-electron chi connectivity index (χ4n) is 2.18. The fourth-order valence-corrected chi connectivity index (χ4v) is 2.18. The van der Waals surface area contributed by atoms with Gasteiger partial charge in [-0.15, -0.1) is 0 Å². The Bertz CT molecular complexity index is 833. The number of hydrogen-bond acceptors (Lipinski definition) is 3. The Morgan fingerprint density at radius 3 is 2.14 bits per heavy atom. The smallest absolute Gasteiger partial charge is 0.336 e. The highest BCUT2D eigenvalue weighted by molar-refractivity contribution is 5.69. The van der Waals surface area contributed by atoms with Crippen LogP contribution < -0.4 is 10.4 Å². The fraction of sp³-hybridized carbons (Fsp3) is 0.0556. The first kappa shape index (κ1) is 14.1. The predicted octanol–water partition coefficient (Wildman–Crippen LogP) is 4.12. The van der Waals surface area contributed by atoms with Crippen molar-refractivity contribution >= 4 is 0 Å². The van der Waals surface area contributed by atoms with E-state index >= 15 is 0 Å². The second kappa shape index (κ2) is 5.85. The van der Waals surface area contributed by atoms with Crippen molar-refractivity contribution in [2.75, 3.05) is 7.11 Å². The summed E-state index contributed by atoms with van der Waals surface area (Å²) in [6, 6.07) is 16.4. The van der Waals surface area contributed by atoms with Gasteiger partial charge in [-0.1, -0.05) is 12.1 Å². The van der Waals surface area contributed by atoms with Gasteiger partial charge >= 0.3 is 5.63 Å². The van der Waals surface area contributed by atoms with Crippen molar-refractivity contribution < 1.29 is 13.5 Å². The van der Waals surface area contributed by atoms with Crippen LogP contribution in [0.25, 0.3) is 22.5 Å². The van der Waals surface area contributed by atoms with Crippen molar-refractivity contribution in [3.63, 3.8) is 0 Å². The number of hydrogen-bond donors (Lipinski definition) is 0. The molecule has 0 bridgehead atoms. The summed E-state index contributed by atoms with van der Waals surface area (Å²) in [5, 5.41) is 0. The Kier molecular flexibility index (Phi) is 3.74. The van der Waals surface area contributed by atoms with Gasteiger partial charge in [0.05, 0.1) is 7.11 Å². The topological polar surface area (TPSA) is 39.4 Å². The normalized spacial score (nSPS) is 10.5. The van der Waals surface area contributed by atoms with Gasteiger partial charge < -0.3 is 9.15 Å². The minimum Gasteiger partial charge on any atom is -0.497 e. The van der Waals surface area contributed by atoms with E-state index in [0.29, 0.717) is 11.3 Å². The molecule has 0 atom stereocenters. The number of methoxy groups -OCH3 is 1. The molecule has 0 fully saturated rings. The quantitative estimate of drug-likeness (QED) is 0.730. The Balaban J connectivity index is 2.05. The van der Waals surface area contributed by atoms with Crippen LogP contribution in [0.15, 0.2) is 69.9 Å². The molecule has 0 unspecified atom stereocenters. The van der Waals surface area contributed by atoms with E-state index in [4.69, 9.17) is 9.15 Å². The van der Waals surface area contributed by atoms with Crippen LogP contribution in [0.3, 0.4) is 0 Å². The standard InChI is InChI=1S/C18H13FO3/c1-21-16-8-4-12(5-9-16)14-10-17(22-18(20)11-14)13-2-6-15(19)7-3-13/h2-11H,1H3. The highest BCUT2D eigenvalue weighted by Crippen LogP contribution is 2.26. The summed E-state index contributed by atoms with van der Waals surface area (Å²) in [4.78, 5) is 11.8. The van der Waals surface area contributed by atoms with Gasteiger partial charge in [0.1, 0.15) is 17.3 Å². The minimum atomic E-state index is -0.451. The van der Waals surface area contributed by atoms with Crippen LogP contribution in [-0.4, -0.2) is 7.11 Å². The van der Waals surface area contributed by atoms with Crippen LogP contribution in [-0.2, 0) is 0 Å². The van der Waals surface area contributed by atoms with Crippen molar-refractivity contribution in [2.45, 2.75) is 0 Å². The van der Waals surface area contributed by atoms with E-state index in [1.807, 2.05) is 24.3 Å². The second-order valence-corrected chi connectivity index (χ2v) is 4.76. The lowest BCUT2D eigenvalue weighted by Crippen LogP contribution is -1.98. The molecule has 0 spiro atoms. The molecular weight excluding hydrogens is 283 g/mol. The first-order chi connectivity index (χ1) is 10.7. The highest BCUT2D eigenvalue weighted by Gasteiger charge is 2.07. The molecule has 22 heavy (non-hydrogen) atoms. The van der Waals surface area contributed by atoms with Gasteiger partial charge in [-0.2, -0.15) is 0 Å². The van der Waals surface area contributed by atoms with Gasteiger partial charge in [0.25, 0.3) is 0 Å². The molecule has 0 saturated carbocycles. The van der Waals surface area contributed by atoms with Gasteiger partial charge in [0, 0.05) is 11.6 Å². The summed E-state index contributed by atoms with van der Waals surface area (Å²) in [6.45, 7) is 0. The van der Waals surface area contributed by atoms with E-state index in [-0.39, 0.29) is 5.82 Å². The van der Waals surface area contributed by atoms with Crippen LogP contribution in [0.5, 0.6) is 5.75 Å². The van der Waals surface area contributed by atoms with E-state index < -0.39 is 5.63 Å². The molecule has 1 aromatic heterocycles. The van der Waals surface area contributed by atoms with Gasteiger partial charge in [0.2, 0.25) is 0 Å². The van der Waals surface area contributed by atoms with Crippen molar-refractivity contribution in [1.82, 2.24) is 0 Å². The molecule has 110 valence electrons. The molecule has 0 radical (unpaired) electrons. The van der Waals surface area contributed by atoms with E-state index in [9.17, 15) is 9.18 Å². The predicted molar refractivity (Wildman–Crippen MR) is 82.4 cm³/mol. The van der Waals surface area contributed by atoms with Crippen LogP contribution in [0.4, 0.5) is 4.39 Å². The summed E-state index contributed by atoms with van der Waals surface area (Å²) in [5.41, 5.74) is 1.80. The van der Waals surface area contributed by atoms with Crippen molar-refractivity contribution in [3.05, 3.63) is 76.9 Å². The Morgan fingerprint density at radius 2 is 1.50 bits per heavy atom. The maximum absolute atomic E-state index is 13.0. The lowest BCUT2D eigenvalue weighted by Gasteiger charge is -2.06. The van der Waals surface area contributed by atoms with Crippen LogP contribution in [0, 0.1) is 5.82 Å². The highest BCUT2D eigenvalue weighted by atomic mass is 19.1. The van der Waals surface area contributed by atoms with Gasteiger partial charge in [-0.3, -0.25) is 0 Å². The Morgan fingerprint density at radius 1 is 0.864 bits per heavy atom. The zero-order valence-electron chi connectivity index (χ0n) is 11.9. The molecule has 0 amide bonds. The summed E-state index contributed by atoms with van der Waals surface area (Å²) in [7, 11) is 1.60. The maximum Gasteiger partial charge on any atom is 0.336 e. The number of benzene rings is 2. The monoisotopic (exact) mass is 296 g/mol. The average molecular weight is 296 g/mol. The second-order valence-electron chi connectivity index (χ2n) is 4.76. The van der Waals surface area contributed by atoms with Gasteiger partial charge in [-0.05, 0) is 53.6 Å². The molecule has 3 rings (SSSR count). The van der Waals surface area contributed by atoms with Crippen molar-refractivity contribution in [3.8, 4) is 28.2 Å². The first-order valence-electron chi connectivity index (χ1n) is 6.71. The molecule has 0 saturated heterocycles. The summed E-state index contributed by atoms with van der Waals surface area (Å²) >= 11 is 0. The zero-order chi connectivity index (χ0) is 15.5. The van der Waals surface area contributed by atoms with Crippen molar-refractivity contribution in [2.24, 2.45) is 0 Å². The number of halogens is 1. The summed E-state index contributed by atoms with van der Waals surface area (Å²) < 4.78 is 23.3. The molecule has 0 aliphatic carbocycles. The Hall–Kier alpha value is -2.88. The molecule has 0 N–H and O–H groups in total. The molecule has 0 aliphatic rings. The third-order valence-electron chi connectivity index (χ3n) is 3.32. The Labute approximate surface area is 126 Å². The van der Waals surface area contributed by atoms with E-state index in [0.717, 1.165) is 16.9 Å². The third-order valence-corrected chi connectivity index (χ3v) is 3.32. The molecular formula is C18H13FO3. The third kappa shape index (κ3) is 2.91. The van der Waals surface area contributed by atoms with Gasteiger partial charge in [0.15, 0.2) is 0 Å². The SMILES string of the molecule is COc1ccc(-c2cc(-c3ccc(F)cc3)oc(=O)c2)cc1. The first-order valence-corrected chi connectivity index (χ1v) is 6.71. The van der Waals surface area contributed by atoms with Crippen LogP contribution >= 0.6 is 0 Å². The largest absolute Gasteiger partial charge is 0.497 e. The average Bonchev–Trinajstić information content (AvgIpc) is 2.55. The van der Waals surface area contributed by atoms with Crippen LogP contribution in [0.2, 0.25) is 0 Å². The van der Waals surface area contributed by atoms with Gasteiger partial charge in [-0.25, -0.2) is 9.18 Å². The molecule has 3 aromatic rings. The lowest BCUT2D eigenvalue weighted by molar-refractivity contribution is 0.415. The maximum atomic E-state index is 13.0. The lowest BCUT2D eigenvalue weighted by atomic mass is 10.0. The number of rotatable bonds is 3. The molecule has 0 aliphatic heterocycles. The minimum absolute atomic E-state index is 0.336. The van der Waals surface area contributed by atoms with E-state index in [1.54, 1.807) is 25.3 Å².